The maximum absolute atomic E-state index is 14.4. The number of aliphatic hydroxyl groups is 8. The summed E-state index contributed by atoms with van der Waals surface area (Å²) in [6.45, 7) is 4.26. The fourth-order valence-corrected chi connectivity index (χ4v) is 13.2. The van der Waals surface area contributed by atoms with E-state index in [1.54, 1.807) is 0 Å². The maximum Gasteiger partial charge on any atom is 0.326 e. The van der Waals surface area contributed by atoms with Gasteiger partial charge in [0.05, 0.1) is 38.9 Å². The summed E-state index contributed by atoms with van der Waals surface area (Å²) >= 11 is 0. The Morgan fingerprint density at radius 1 is 0.397 bits per heavy atom. The third-order valence-electron chi connectivity index (χ3n) is 19.6. The number of aliphatic hydroxyl groups excluding tert-OH is 8. The average Bonchev–Trinajstić information content (AvgIpc) is 0.758. The van der Waals surface area contributed by atoms with E-state index in [9.17, 15) is 128 Å². The number of carbonyl (C=O) groups excluding carboxylic acids is 14. The molecular weight excluding hydrogens is 1620 g/mol. The Labute approximate surface area is 692 Å². The summed E-state index contributed by atoms with van der Waals surface area (Å²) in [6, 6.07) is -17.7. The van der Waals surface area contributed by atoms with Gasteiger partial charge in [0.1, 0.15) is 146 Å². The Morgan fingerprint density at radius 2 is 0.769 bits per heavy atom. The molecule has 29 unspecified atom stereocenters. The van der Waals surface area contributed by atoms with Gasteiger partial charge < -0.3 is 181 Å². The number of hydrogen-bond donors (Lipinski definition) is 26. The molecule has 14 amide bonds. The maximum atomic E-state index is 14.4. The van der Waals surface area contributed by atoms with Gasteiger partial charge in [-0.1, -0.05) is 0 Å². The zero-order chi connectivity index (χ0) is 91.1. The molecule has 0 saturated carbocycles. The van der Waals surface area contributed by atoms with Crippen molar-refractivity contribution >= 4 is 94.6 Å². The number of carbonyl (C=O) groups is 16. The third kappa shape index (κ3) is 32.2. The zero-order valence-electron chi connectivity index (χ0n) is 67.8. The highest BCUT2D eigenvalue weighted by atomic mass is 16.8. The Morgan fingerprint density at radius 3 is 1.17 bits per heavy atom. The second-order valence-electron chi connectivity index (χ2n) is 29.3. The van der Waals surface area contributed by atoms with E-state index >= 15 is 0 Å². The van der Waals surface area contributed by atoms with Crippen molar-refractivity contribution in [1.82, 2.24) is 58.5 Å². The smallest absolute Gasteiger partial charge is 0.326 e. The molecule has 0 aromatic rings. The van der Waals surface area contributed by atoms with Crippen molar-refractivity contribution in [3.63, 3.8) is 0 Å². The lowest BCUT2D eigenvalue weighted by Crippen LogP contribution is -2.72. The van der Waals surface area contributed by atoms with E-state index in [0.29, 0.717) is 12.8 Å². The van der Waals surface area contributed by atoms with Crippen molar-refractivity contribution in [3.05, 3.63) is 0 Å². The number of ether oxygens (including phenoxy) is 9. The first-order valence-electron chi connectivity index (χ1n) is 38.8. The first-order chi connectivity index (χ1) is 56.8. The summed E-state index contributed by atoms with van der Waals surface area (Å²) in [7, 11) is 0. The van der Waals surface area contributed by atoms with Crippen LogP contribution in [0.15, 0.2) is 0 Å². The molecule has 51 nitrogen and oxygen atoms in total. The molecule has 0 aromatic heterocycles. The quantitative estimate of drug-likeness (QED) is 0.0252. The van der Waals surface area contributed by atoms with Gasteiger partial charge in [0.15, 0.2) is 25.2 Å². The van der Waals surface area contributed by atoms with Crippen molar-refractivity contribution < 1.29 is 170 Å². The molecule has 4 fully saturated rings. The summed E-state index contributed by atoms with van der Waals surface area (Å²) in [5.41, 5.74) is 27.2. The van der Waals surface area contributed by atoms with Crippen molar-refractivity contribution in [2.45, 2.75) is 303 Å². The molecule has 4 aliphatic heterocycles. The lowest BCUT2D eigenvalue weighted by molar-refractivity contribution is -0.365. The normalized spacial score (nSPS) is 28.7. The predicted molar refractivity (Wildman–Crippen MR) is 404 cm³/mol. The summed E-state index contributed by atoms with van der Waals surface area (Å²) in [6.07, 6.45) is -36.5. The number of amides is 14. The summed E-state index contributed by atoms with van der Waals surface area (Å²) < 4.78 is 55.7. The Balaban J connectivity index is 1.67. The van der Waals surface area contributed by atoms with Gasteiger partial charge in [-0.25, -0.2) is 9.59 Å². The Kier molecular flexibility index (Phi) is 43.3. The van der Waals surface area contributed by atoms with E-state index in [1.165, 1.54) is 0 Å². The van der Waals surface area contributed by atoms with E-state index < -0.39 is 324 Å². The zero-order valence-corrected chi connectivity index (χ0v) is 67.8. The second kappa shape index (κ2) is 50.4. The third-order valence-corrected chi connectivity index (χ3v) is 19.6. The molecule has 31 N–H and O–H groups in total. The summed E-state index contributed by atoms with van der Waals surface area (Å²) in [5.74, 6) is -16.3. The predicted octanol–water partition coefficient (Wildman–Crippen LogP) is -14.1. The largest absolute Gasteiger partial charge is 0.480 e. The van der Waals surface area contributed by atoms with Crippen LogP contribution in [-0.4, -0.2) is 362 Å². The fourth-order valence-electron chi connectivity index (χ4n) is 13.2. The molecule has 121 heavy (non-hydrogen) atoms. The highest BCUT2D eigenvalue weighted by Crippen LogP contribution is 2.37. The number of aliphatic carboxylic acids is 2. The number of rotatable bonds is 50. The van der Waals surface area contributed by atoms with Crippen LogP contribution < -0.4 is 87.2 Å². The van der Waals surface area contributed by atoms with Gasteiger partial charge in [-0.3, -0.25) is 67.1 Å². The molecule has 0 bridgehead atoms. The number of nitrogens with two attached hydrogens (primary N) is 5. The summed E-state index contributed by atoms with van der Waals surface area (Å²) in [5, 5.41) is 135. The molecule has 51 heteroatoms. The lowest BCUT2D eigenvalue weighted by atomic mass is 9.92. The number of nitrogens with one attached hydrogen (secondary N) is 11. The molecule has 4 heterocycles. The molecule has 4 aliphatic rings. The number of unbranched alkanes of at least 4 members (excludes halogenated alkanes) is 2. The van der Waals surface area contributed by atoms with Gasteiger partial charge >= 0.3 is 11.9 Å². The SMILES string of the molecule is CC(=O)NC1C(OC2C(CO)OC(OC3C(CO)OC(OC4C(CO)OC(O)C(NC(C)=O)C4OC(C)C(=O)NC(C)C(=O)NC(CCC(=O)NC(CCCCN)C(=O)O)C(N)=O)C(NC(C)=O)C3O)C(NC(C)=O)C2OC(C)C(=O)NC(C)C(=O)NC(CCC(=O)NC(CCCCNC(=O)CC(N)C(N)=O)C(=O)O)C(N)=O)OC(CO)C(O)C1O. The fraction of sp³-hybridized carbons (Fsp3) is 0.771. The molecular formula is C70H118N16O35. The van der Waals surface area contributed by atoms with Crippen LogP contribution in [0.3, 0.4) is 0 Å². The van der Waals surface area contributed by atoms with E-state index in [2.05, 4.69) is 58.5 Å². The van der Waals surface area contributed by atoms with Crippen LogP contribution in [-0.2, 0) is 119 Å². The van der Waals surface area contributed by atoms with Gasteiger partial charge in [-0.05, 0) is 85.6 Å². The minimum atomic E-state index is -2.25. The minimum absolute atomic E-state index is 0.0438. The van der Waals surface area contributed by atoms with Crippen LogP contribution >= 0.6 is 0 Å². The van der Waals surface area contributed by atoms with Crippen molar-refractivity contribution in [2.24, 2.45) is 28.7 Å². The van der Waals surface area contributed by atoms with Crippen molar-refractivity contribution in [2.75, 3.05) is 39.5 Å². The van der Waals surface area contributed by atoms with Gasteiger partial charge in [-0.2, -0.15) is 0 Å². The lowest BCUT2D eigenvalue weighted by Gasteiger charge is -2.52. The van der Waals surface area contributed by atoms with E-state index in [0.717, 1.165) is 55.4 Å². The Hall–Kier alpha value is -9.24. The highest BCUT2D eigenvalue weighted by molar-refractivity contribution is 5.94. The van der Waals surface area contributed by atoms with Crippen molar-refractivity contribution in [3.8, 4) is 0 Å². The number of carboxylic acids is 2. The van der Waals surface area contributed by atoms with E-state index in [1.807, 2.05) is 0 Å². The van der Waals surface area contributed by atoms with Gasteiger partial charge in [-0.15, -0.1) is 0 Å². The molecule has 0 aliphatic carbocycles. The highest BCUT2D eigenvalue weighted by Gasteiger charge is 2.58. The first-order valence-corrected chi connectivity index (χ1v) is 38.8. The van der Waals surface area contributed by atoms with E-state index in [4.69, 9.17) is 71.3 Å². The minimum Gasteiger partial charge on any atom is -0.480 e. The van der Waals surface area contributed by atoms with Gasteiger partial charge in [0.25, 0.3) is 0 Å². The van der Waals surface area contributed by atoms with E-state index in [-0.39, 0.29) is 45.2 Å². The van der Waals surface area contributed by atoms with Gasteiger partial charge in [0.2, 0.25) is 82.7 Å². The molecule has 4 rings (SSSR count). The van der Waals surface area contributed by atoms with Gasteiger partial charge in [0, 0.05) is 47.1 Å². The van der Waals surface area contributed by atoms with Crippen LogP contribution in [0.4, 0.5) is 0 Å². The average molecular weight is 1740 g/mol. The second-order valence-corrected chi connectivity index (χ2v) is 29.3. The molecule has 688 valence electrons. The number of hydrogen-bond acceptors (Lipinski definition) is 35. The molecule has 29 atom stereocenters. The number of primary amides is 3. The number of carboxylic acid groups (broad SMARTS) is 2. The van der Waals surface area contributed by atoms with Crippen LogP contribution in [0, 0.1) is 0 Å². The topological polar surface area (TPSA) is 821 Å². The molecule has 0 radical (unpaired) electrons. The molecule has 0 spiro atoms. The van der Waals surface area contributed by atoms with Crippen LogP contribution in [0.5, 0.6) is 0 Å². The van der Waals surface area contributed by atoms with Crippen LogP contribution in [0.2, 0.25) is 0 Å². The monoisotopic (exact) mass is 1740 g/mol. The molecule has 0 aromatic carbocycles. The van der Waals surface area contributed by atoms with Crippen molar-refractivity contribution in [1.29, 1.82) is 0 Å². The van der Waals surface area contributed by atoms with Crippen LogP contribution in [0.25, 0.3) is 0 Å². The summed E-state index contributed by atoms with van der Waals surface area (Å²) in [4.78, 5) is 206. The Bertz CT molecular complexity index is 3520. The standard InChI is InChI=1S/C70H118N16O35/c1-26(61(104)85-35(59(74)102)15-17-43(95)83-37(65(108)109)13-9-11-19-71)77-63(106)28(3)113-56-48(81-32(7)93)67(112)115-41(24-89)54(56)120-69-47(80-31(6)92)52(100)53(40(23-88)117-69)119-70-49(82-33(8)94)57(55(42(25-90)118-70)121-68-46(79-30(5)91)51(99)50(98)39(22-87)116-68)114-29(4)64(107)78-27(2)62(105)86-36(60(75)103)16-18-44(96)84-38(66(110)111)14-10-12-20-76-45(97)21-34(72)58(73)101/h26-29,34-42,46-57,67-70,87-90,98-100,112H,9-25,71-72H2,1-8H3,(H2,73,101)(H2,74,102)(H2,75,103)(H,76,97)(H,77,106)(H,78,107)(H,79,91)(H,80,92)(H,81,93)(H,82,94)(H,83,95)(H,84,96)(H,85,104)(H,86,105)(H,108,109)(H,110,111). The molecule has 4 saturated heterocycles. The van der Waals surface area contributed by atoms with Crippen LogP contribution in [0.1, 0.15) is 126 Å². The first kappa shape index (κ1) is 104.